The molecule has 2 aliphatic rings. The molecule has 2 bridgehead atoms. The van der Waals surface area contributed by atoms with Crippen LogP contribution in [0.1, 0.15) is 58.3 Å². The van der Waals surface area contributed by atoms with Crippen LogP contribution in [0.15, 0.2) is 0 Å². The monoisotopic (exact) mass is 248 g/mol. The van der Waals surface area contributed by atoms with E-state index in [1.165, 1.54) is 58.0 Å². The summed E-state index contributed by atoms with van der Waals surface area (Å²) >= 11 is 0. The van der Waals surface area contributed by atoms with E-state index in [-0.39, 0.29) is 0 Å². The van der Waals surface area contributed by atoms with E-state index >= 15 is 0 Å². The van der Waals surface area contributed by atoms with Crippen molar-refractivity contribution in [3.05, 3.63) is 0 Å². The highest BCUT2D eigenvalue weighted by Gasteiger charge is 2.37. The van der Waals surface area contributed by atoms with Crippen molar-refractivity contribution in [1.82, 2.24) is 10.2 Å². The number of terminal acetylenes is 1. The van der Waals surface area contributed by atoms with Crippen LogP contribution >= 0.6 is 0 Å². The van der Waals surface area contributed by atoms with Gasteiger partial charge in [0.1, 0.15) is 0 Å². The number of nitrogens with one attached hydrogen (secondary N) is 1. The SMILES string of the molecule is C#CCCCN1C2CCCC1CC(NCCC)C2. The van der Waals surface area contributed by atoms with Crippen LogP contribution in [0.5, 0.6) is 0 Å². The number of nitrogens with zero attached hydrogens (tertiary/aromatic N) is 1. The van der Waals surface area contributed by atoms with Crippen LogP contribution in [0.25, 0.3) is 0 Å². The molecule has 2 fully saturated rings. The molecule has 0 aromatic heterocycles. The largest absolute Gasteiger partial charge is 0.314 e. The molecule has 0 amide bonds. The van der Waals surface area contributed by atoms with Gasteiger partial charge in [0, 0.05) is 24.5 Å². The number of fused-ring (bicyclic) bond motifs is 2. The highest BCUT2D eigenvalue weighted by molar-refractivity contribution is 4.95. The van der Waals surface area contributed by atoms with Gasteiger partial charge in [0.2, 0.25) is 0 Å². The van der Waals surface area contributed by atoms with Gasteiger partial charge in [-0.1, -0.05) is 13.3 Å². The number of rotatable bonds is 6. The van der Waals surface area contributed by atoms with Crippen molar-refractivity contribution in [1.29, 1.82) is 0 Å². The predicted molar refractivity (Wildman–Crippen MR) is 77.5 cm³/mol. The Hall–Kier alpha value is -0.520. The molecule has 0 spiro atoms. The lowest BCUT2D eigenvalue weighted by Crippen LogP contribution is -2.56. The van der Waals surface area contributed by atoms with Crippen molar-refractivity contribution in [2.24, 2.45) is 0 Å². The molecular weight excluding hydrogens is 220 g/mol. The van der Waals surface area contributed by atoms with E-state index in [1.807, 2.05) is 0 Å². The van der Waals surface area contributed by atoms with Gasteiger partial charge in [-0.05, 0) is 51.6 Å². The molecule has 102 valence electrons. The fourth-order valence-corrected chi connectivity index (χ4v) is 3.72. The Morgan fingerprint density at radius 2 is 2.00 bits per heavy atom. The summed E-state index contributed by atoms with van der Waals surface area (Å²) < 4.78 is 0. The predicted octanol–water partition coefficient (Wildman–Crippen LogP) is 2.78. The molecule has 0 aromatic carbocycles. The Kier molecular flexibility index (Phi) is 5.53. The van der Waals surface area contributed by atoms with Gasteiger partial charge in [0.25, 0.3) is 0 Å². The third-order valence-corrected chi connectivity index (χ3v) is 4.55. The van der Waals surface area contributed by atoms with Crippen LogP contribution in [-0.2, 0) is 0 Å². The summed E-state index contributed by atoms with van der Waals surface area (Å²) in [6.07, 6.45) is 15.7. The molecule has 18 heavy (non-hydrogen) atoms. The lowest BCUT2D eigenvalue weighted by atomic mass is 9.81. The molecule has 2 heteroatoms. The van der Waals surface area contributed by atoms with Gasteiger partial charge in [-0.3, -0.25) is 4.90 Å². The van der Waals surface area contributed by atoms with E-state index in [2.05, 4.69) is 23.1 Å². The second kappa shape index (κ2) is 7.16. The van der Waals surface area contributed by atoms with Crippen molar-refractivity contribution >= 4 is 0 Å². The summed E-state index contributed by atoms with van der Waals surface area (Å²) in [5, 5.41) is 3.73. The molecule has 2 nitrogen and oxygen atoms in total. The van der Waals surface area contributed by atoms with E-state index < -0.39 is 0 Å². The first-order valence-electron chi connectivity index (χ1n) is 7.77. The Morgan fingerprint density at radius 3 is 2.61 bits per heavy atom. The zero-order valence-corrected chi connectivity index (χ0v) is 11.8. The summed E-state index contributed by atoms with van der Waals surface area (Å²) in [5.74, 6) is 2.77. The van der Waals surface area contributed by atoms with Crippen LogP contribution < -0.4 is 5.32 Å². The van der Waals surface area contributed by atoms with Crippen molar-refractivity contribution in [2.45, 2.75) is 76.4 Å². The van der Waals surface area contributed by atoms with Crippen molar-refractivity contribution < 1.29 is 0 Å². The number of unbranched alkanes of at least 4 members (excludes halogenated alkanes) is 1. The maximum absolute atomic E-state index is 5.36. The maximum atomic E-state index is 5.36. The first-order valence-corrected chi connectivity index (χ1v) is 7.77. The zero-order valence-electron chi connectivity index (χ0n) is 11.8. The first kappa shape index (κ1) is 13.9. The van der Waals surface area contributed by atoms with Gasteiger partial charge in [0.15, 0.2) is 0 Å². The Balaban J connectivity index is 1.85. The van der Waals surface area contributed by atoms with Crippen molar-refractivity contribution in [3.63, 3.8) is 0 Å². The third kappa shape index (κ3) is 3.49. The van der Waals surface area contributed by atoms with Crippen molar-refractivity contribution in [2.75, 3.05) is 13.1 Å². The molecule has 2 saturated heterocycles. The topological polar surface area (TPSA) is 15.3 Å². The van der Waals surface area contributed by atoms with Crippen LogP contribution in [0.4, 0.5) is 0 Å². The van der Waals surface area contributed by atoms with E-state index in [4.69, 9.17) is 6.42 Å². The fourth-order valence-electron chi connectivity index (χ4n) is 3.72. The summed E-state index contributed by atoms with van der Waals surface area (Å²) in [7, 11) is 0. The van der Waals surface area contributed by atoms with E-state index in [0.29, 0.717) is 0 Å². The van der Waals surface area contributed by atoms with Crippen molar-refractivity contribution in [3.8, 4) is 12.3 Å². The normalized spacial score (nSPS) is 32.1. The molecule has 0 saturated carbocycles. The second-order valence-electron chi connectivity index (χ2n) is 5.91. The molecule has 2 aliphatic heterocycles. The van der Waals surface area contributed by atoms with Gasteiger partial charge in [-0.25, -0.2) is 0 Å². The molecule has 2 atom stereocenters. The third-order valence-electron chi connectivity index (χ3n) is 4.55. The average molecular weight is 248 g/mol. The molecule has 1 N–H and O–H groups in total. The minimum absolute atomic E-state index is 0.768. The van der Waals surface area contributed by atoms with E-state index in [0.717, 1.165) is 24.5 Å². The van der Waals surface area contributed by atoms with E-state index in [1.54, 1.807) is 0 Å². The molecule has 0 aliphatic carbocycles. The van der Waals surface area contributed by atoms with E-state index in [9.17, 15) is 0 Å². The van der Waals surface area contributed by atoms with Crippen LogP contribution in [0, 0.1) is 12.3 Å². The summed E-state index contributed by atoms with van der Waals surface area (Å²) in [5.41, 5.74) is 0. The smallest absolute Gasteiger partial charge is 0.0113 e. The quantitative estimate of drug-likeness (QED) is 0.574. The van der Waals surface area contributed by atoms with Crippen LogP contribution in [-0.4, -0.2) is 36.1 Å². The Morgan fingerprint density at radius 1 is 1.28 bits per heavy atom. The average Bonchev–Trinajstić information content (AvgIpc) is 2.36. The molecule has 2 unspecified atom stereocenters. The van der Waals surface area contributed by atoms with Crippen LogP contribution in [0.2, 0.25) is 0 Å². The fraction of sp³-hybridized carbons (Fsp3) is 0.875. The summed E-state index contributed by atoms with van der Waals surface area (Å²) in [4.78, 5) is 2.77. The van der Waals surface area contributed by atoms with Gasteiger partial charge in [-0.15, -0.1) is 12.3 Å². The second-order valence-corrected chi connectivity index (χ2v) is 5.91. The van der Waals surface area contributed by atoms with Gasteiger partial charge < -0.3 is 5.32 Å². The number of hydrogen-bond donors (Lipinski definition) is 1. The number of hydrogen-bond acceptors (Lipinski definition) is 2. The van der Waals surface area contributed by atoms with Gasteiger partial charge >= 0.3 is 0 Å². The first-order chi connectivity index (χ1) is 8.85. The zero-order chi connectivity index (χ0) is 12.8. The minimum atomic E-state index is 0.768. The maximum Gasteiger partial charge on any atom is 0.0113 e. The van der Waals surface area contributed by atoms with Crippen LogP contribution in [0.3, 0.4) is 0 Å². The number of piperidine rings is 2. The molecule has 0 radical (unpaired) electrons. The lowest BCUT2D eigenvalue weighted by molar-refractivity contribution is 0.0242. The molecular formula is C16H28N2. The summed E-state index contributed by atoms with van der Waals surface area (Å²) in [6, 6.07) is 2.42. The standard InChI is InChI=1S/C16H28N2/c1-3-5-6-11-18-15-8-7-9-16(18)13-14(12-15)17-10-4-2/h1,14-17H,4-13H2,2H3. The van der Waals surface area contributed by atoms with Gasteiger partial charge in [0.05, 0.1) is 0 Å². The minimum Gasteiger partial charge on any atom is -0.314 e. The highest BCUT2D eigenvalue weighted by atomic mass is 15.2. The Labute approximate surface area is 113 Å². The molecule has 2 rings (SSSR count). The lowest BCUT2D eigenvalue weighted by Gasteiger charge is -2.49. The summed E-state index contributed by atoms with van der Waals surface area (Å²) in [6.45, 7) is 4.66. The highest BCUT2D eigenvalue weighted by Crippen LogP contribution is 2.34. The molecule has 2 heterocycles. The molecule has 0 aromatic rings. The van der Waals surface area contributed by atoms with Gasteiger partial charge in [-0.2, -0.15) is 0 Å². The Bertz CT molecular complexity index is 267.